The van der Waals surface area contributed by atoms with Gasteiger partial charge in [0, 0.05) is 45.2 Å². The number of aliphatic hydroxyl groups is 1. The molecule has 1 saturated heterocycles. The number of hydrogen-bond donors (Lipinski definition) is 2. The van der Waals surface area contributed by atoms with E-state index in [0.717, 1.165) is 36.5 Å². The van der Waals surface area contributed by atoms with Crippen molar-refractivity contribution < 1.29 is 15.0 Å². The normalized spacial score (nSPS) is 16.4. The van der Waals surface area contributed by atoms with E-state index >= 15 is 0 Å². The fraction of sp³-hybridized carbons (Fsp3) is 0.421. The molecule has 1 atom stereocenters. The number of anilines is 1. The van der Waals surface area contributed by atoms with E-state index in [1.807, 2.05) is 29.2 Å². The number of nitrogens with zero attached hydrogens (tertiary/aromatic N) is 4. The largest absolute Gasteiger partial charge is 0.480 e. The highest BCUT2D eigenvalue weighted by molar-refractivity contribution is 5.75. The van der Waals surface area contributed by atoms with Crippen molar-refractivity contribution in [2.45, 2.75) is 18.9 Å². The van der Waals surface area contributed by atoms with Gasteiger partial charge in [-0.05, 0) is 24.0 Å². The van der Waals surface area contributed by atoms with Crippen LogP contribution in [0.1, 0.15) is 23.6 Å². The molecule has 1 fully saturated rings. The highest BCUT2D eigenvalue weighted by atomic mass is 16.4. The molecule has 7 heteroatoms. The number of piperazine rings is 1. The average Bonchev–Trinajstić information content (AvgIpc) is 2.68. The molecule has 1 aromatic heterocycles. The van der Waals surface area contributed by atoms with E-state index in [0.29, 0.717) is 19.5 Å². The lowest BCUT2D eigenvalue weighted by Crippen LogP contribution is -2.49. The minimum Gasteiger partial charge on any atom is -0.480 e. The SMILES string of the molecule is O=C(O)[C@@H](c1ccc(CCCO)cc1)N1CCN(c2cnccn2)CC1. The summed E-state index contributed by atoms with van der Waals surface area (Å²) in [5.74, 6) is -0.00618. The minimum absolute atomic E-state index is 0.162. The fourth-order valence-electron chi connectivity index (χ4n) is 3.32. The third-order valence-electron chi connectivity index (χ3n) is 4.71. The third kappa shape index (κ3) is 4.36. The van der Waals surface area contributed by atoms with Crippen molar-refractivity contribution in [3.8, 4) is 0 Å². The Kier molecular flexibility index (Phi) is 6.14. The van der Waals surface area contributed by atoms with Gasteiger partial charge in [-0.3, -0.25) is 14.7 Å². The Bertz CT molecular complexity index is 700. The molecule has 1 aliphatic rings. The van der Waals surface area contributed by atoms with Gasteiger partial charge in [-0.2, -0.15) is 0 Å². The Morgan fingerprint density at radius 2 is 1.85 bits per heavy atom. The smallest absolute Gasteiger partial charge is 0.325 e. The molecule has 2 N–H and O–H groups in total. The maximum atomic E-state index is 11.9. The van der Waals surface area contributed by atoms with E-state index < -0.39 is 12.0 Å². The molecule has 0 spiro atoms. The Balaban J connectivity index is 1.66. The second kappa shape index (κ2) is 8.73. The number of aromatic nitrogens is 2. The number of aryl methyl sites for hydroxylation is 1. The van der Waals surface area contributed by atoms with Gasteiger partial charge in [0.1, 0.15) is 11.9 Å². The van der Waals surface area contributed by atoms with Crippen LogP contribution in [0.4, 0.5) is 5.82 Å². The van der Waals surface area contributed by atoms with E-state index in [-0.39, 0.29) is 6.61 Å². The maximum absolute atomic E-state index is 11.9. The lowest BCUT2D eigenvalue weighted by Gasteiger charge is -2.38. The van der Waals surface area contributed by atoms with Crippen LogP contribution in [-0.4, -0.2) is 63.8 Å². The van der Waals surface area contributed by atoms with E-state index in [1.165, 1.54) is 0 Å². The molecular formula is C19H24N4O3. The van der Waals surface area contributed by atoms with Crippen LogP contribution in [0, 0.1) is 0 Å². The molecule has 2 aromatic rings. The zero-order chi connectivity index (χ0) is 18.4. The van der Waals surface area contributed by atoms with Crippen LogP contribution in [0.5, 0.6) is 0 Å². The molecule has 0 bridgehead atoms. The van der Waals surface area contributed by atoms with Crippen molar-refractivity contribution in [2.75, 3.05) is 37.7 Å². The number of carboxylic acid groups (broad SMARTS) is 1. The molecule has 2 heterocycles. The Morgan fingerprint density at radius 3 is 2.42 bits per heavy atom. The first-order valence-electron chi connectivity index (χ1n) is 8.86. The topological polar surface area (TPSA) is 89.8 Å². The highest BCUT2D eigenvalue weighted by Crippen LogP contribution is 2.24. The van der Waals surface area contributed by atoms with Crippen molar-refractivity contribution in [1.82, 2.24) is 14.9 Å². The number of aliphatic hydroxyl groups excluding tert-OH is 1. The molecule has 3 rings (SSSR count). The zero-order valence-electron chi connectivity index (χ0n) is 14.7. The first kappa shape index (κ1) is 18.3. The van der Waals surface area contributed by atoms with Crippen LogP contribution in [0.25, 0.3) is 0 Å². The summed E-state index contributed by atoms with van der Waals surface area (Å²) >= 11 is 0. The predicted molar refractivity (Wildman–Crippen MR) is 98.0 cm³/mol. The van der Waals surface area contributed by atoms with Crippen molar-refractivity contribution in [3.05, 3.63) is 54.0 Å². The molecule has 7 nitrogen and oxygen atoms in total. The van der Waals surface area contributed by atoms with Gasteiger partial charge in [0.2, 0.25) is 0 Å². The zero-order valence-corrected chi connectivity index (χ0v) is 14.7. The number of hydrogen-bond acceptors (Lipinski definition) is 6. The Hall–Kier alpha value is -2.51. The van der Waals surface area contributed by atoms with Crippen molar-refractivity contribution in [2.24, 2.45) is 0 Å². The lowest BCUT2D eigenvalue weighted by molar-refractivity contribution is -0.143. The summed E-state index contributed by atoms with van der Waals surface area (Å²) in [7, 11) is 0. The van der Waals surface area contributed by atoms with E-state index in [1.54, 1.807) is 18.6 Å². The number of carboxylic acids is 1. The summed E-state index contributed by atoms with van der Waals surface area (Å²) in [6, 6.07) is 7.04. The second-order valence-electron chi connectivity index (χ2n) is 6.40. The van der Waals surface area contributed by atoms with Gasteiger partial charge in [-0.25, -0.2) is 4.98 Å². The van der Waals surface area contributed by atoms with Gasteiger partial charge in [0.15, 0.2) is 0 Å². The van der Waals surface area contributed by atoms with Crippen LogP contribution >= 0.6 is 0 Å². The minimum atomic E-state index is -0.832. The van der Waals surface area contributed by atoms with Crippen LogP contribution < -0.4 is 4.90 Å². The molecule has 1 aliphatic heterocycles. The summed E-state index contributed by atoms with van der Waals surface area (Å²) in [6.07, 6.45) is 6.55. The summed E-state index contributed by atoms with van der Waals surface area (Å²) in [4.78, 5) is 24.4. The van der Waals surface area contributed by atoms with Crippen LogP contribution in [0.2, 0.25) is 0 Å². The highest BCUT2D eigenvalue weighted by Gasteiger charge is 2.30. The van der Waals surface area contributed by atoms with Gasteiger partial charge in [0.05, 0.1) is 6.20 Å². The predicted octanol–water partition coefficient (Wildman–Crippen LogP) is 1.35. The van der Waals surface area contributed by atoms with Gasteiger partial charge in [0.25, 0.3) is 0 Å². The molecular weight excluding hydrogens is 332 g/mol. The number of carbonyl (C=O) groups is 1. The second-order valence-corrected chi connectivity index (χ2v) is 6.40. The summed E-state index contributed by atoms with van der Waals surface area (Å²) < 4.78 is 0. The number of aliphatic carboxylic acids is 1. The van der Waals surface area contributed by atoms with Gasteiger partial charge < -0.3 is 15.1 Å². The van der Waals surface area contributed by atoms with Crippen molar-refractivity contribution in [1.29, 1.82) is 0 Å². The standard InChI is InChI=1S/C19H24N4O3/c24-13-1-2-15-3-5-16(6-4-15)18(19(25)26)23-11-9-22(10-12-23)17-14-20-7-8-21-17/h3-8,14,18,24H,1-2,9-13H2,(H,25,26)/t18-/m1/s1. The average molecular weight is 356 g/mol. The molecule has 1 aromatic carbocycles. The first-order valence-corrected chi connectivity index (χ1v) is 8.86. The third-order valence-corrected chi connectivity index (χ3v) is 4.71. The van der Waals surface area contributed by atoms with Crippen LogP contribution in [-0.2, 0) is 11.2 Å². The lowest BCUT2D eigenvalue weighted by atomic mass is 10.0. The van der Waals surface area contributed by atoms with Crippen LogP contribution in [0.15, 0.2) is 42.9 Å². The monoisotopic (exact) mass is 356 g/mol. The molecule has 0 radical (unpaired) electrons. The quantitative estimate of drug-likeness (QED) is 0.774. The number of benzene rings is 1. The molecule has 0 saturated carbocycles. The fourth-order valence-corrected chi connectivity index (χ4v) is 3.32. The van der Waals surface area contributed by atoms with E-state index in [4.69, 9.17) is 5.11 Å². The Labute approximate surface area is 152 Å². The first-order chi connectivity index (χ1) is 12.7. The summed E-state index contributed by atoms with van der Waals surface area (Å²) in [6.45, 7) is 2.91. The van der Waals surface area contributed by atoms with E-state index in [2.05, 4.69) is 14.9 Å². The van der Waals surface area contributed by atoms with Gasteiger partial charge in [-0.1, -0.05) is 24.3 Å². The summed E-state index contributed by atoms with van der Waals surface area (Å²) in [5, 5.41) is 18.7. The molecule has 0 amide bonds. The van der Waals surface area contributed by atoms with Gasteiger partial charge in [-0.15, -0.1) is 0 Å². The Morgan fingerprint density at radius 1 is 1.12 bits per heavy atom. The van der Waals surface area contributed by atoms with Crippen molar-refractivity contribution >= 4 is 11.8 Å². The molecule has 0 aliphatic carbocycles. The maximum Gasteiger partial charge on any atom is 0.325 e. The molecule has 0 unspecified atom stereocenters. The van der Waals surface area contributed by atoms with Gasteiger partial charge >= 0.3 is 5.97 Å². The van der Waals surface area contributed by atoms with Crippen molar-refractivity contribution in [3.63, 3.8) is 0 Å². The van der Waals surface area contributed by atoms with E-state index in [9.17, 15) is 9.90 Å². The number of rotatable bonds is 7. The molecule has 138 valence electrons. The summed E-state index contributed by atoms with van der Waals surface area (Å²) in [5.41, 5.74) is 1.90. The van der Waals surface area contributed by atoms with Crippen LogP contribution in [0.3, 0.4) is 0 Å². The molecule has 26 heavy (non-hydrogen) atoms.